The standard InChI is InChI=1S/C54H32O/c1-2-12-33(13-3-1)51-43-18-8-10-20-45(43)52(46-21-11-9-19-44(46)51)40-25-24-36-28-37(22-23-38(36)29-40)39-26-27-47-48(30-39)41-16-6-7-17-42(41)53-49-31-34-14-4-5-15-35(34)32-50(49)55-54(47)53/h1-32H. The zero-order valence-electron chi connectivity index (χ0n) is 29.9. The molecule has 1 heterocycles. The molecule has 12 aromatic rings. The van der Waals surface area contributed by atoms with Crippen molar-refractivity contribution in [2.24, 2.45) is 0 Å². The summed E-state index contributed by atoms with van der Waals surface area (Å²) in [6, 6.07) is 71.0. The highest BCUT2D eigenvalue weighted by Gasteiger charge is 2.19. The lowest BCUT2D eigenvalue weighted by atomic mass is 9.85. The van der Waals surface area contributed by atoms with Crippen molar-refractivity contribution in [3.63, 3.8) is 0 Å². The monoisotopic (exact) mass is 696 g/mol. The van der Waals surface area contributed by atoms with Crippen LogP contribution in [-0.4, -0.2) is 0 Å². The molecular formula is C54H32O. The van der Waals surface area contributed by atoms with E-state index in [1.807, 2.05) is 0 Å². The van der Waals surface area contributed by atoms with Gasteiger partial charge in [0.15, 0.2) is 0 Å². The summed E-state index contributed by atoms with van der Waals surface area (Å²) in [5.41, 5.74) is 9.31. The maximum Gasteiger partial charge on any atom is 0.143 e. The van der Waals surface area contributed by atoms with Crippen molar-refractivity contribution >= 4 is 86.6 Å². The van der Waals surface area contributed by atoms with Crippen molar-refractivity contribution in [1.82, 2.24) is 0 Å². The van der Waals surface area contributed by atoms with E-state index in [1.165, 1.54) is 98.0 Å². The number of furan rings is 1. The molecule has 1 heteroatoms. The molecule has 0 saturated carbocycles. The van der Waals surface area contributed by atoms with Gasteiger partial charge in [-0.25, -0.2) is 0 Å². The van der Waals surface area contributed by atoms with Crippen molar-refractivity contribution in [2.75, 3.05) is 0 Å². The van der Waals surface area contributed by atoms with E-state index in [2.05, 4.69) is 194 Å². The maximum absolute atomic E-state index is 6.72. The minimum Gasteiger partial charge on any atom is -0.455 e. The molecule has 0 amide bonds. The minimum atomic E-state index is 0.928. The summed E-state index contributed by atoms with van der Waals surface area (Å²) >= 11 is 0. The number of rotatable bonds is 3. The Hall–Kier alpha value is -7.22. The fourth-order valence-electron chi connectivity index (χ4n) is 9.26. The van der Waals surface area contributed by atoms with E-state index < -0.39 is 0 Å². The summed E-state index contributed by atoms with van der Waals surface area (Å²) < 4.78 is 6.72. The van der Waals surface area contributed by atoms with E-state index >= 15 is 0 Å². The smallest absolute Gasteiger partial charge is 0.143 e. The summed E-state index contributed by atoms with van der Waals surface area (Å²) in [7, 11) is 0. The molecule has 12 rings (SSSR count). The number of benzene rings is 11. The van der Waals surface area contributed by atoms with E-state index in [9.17, 15) is 0 Å². The van der Waals surface area contributed by atoms with Crippen molar-refractivity contribution in [2.45, 2.75) is 0 Å². The lowest BCUT2D eigenvalue weighted by molar-refractivity contribution is 0.673. The molecule has 0 atom stereocenters. The van der Waals surface area contributed by atoms with Gasteiger partial charge in [0.05, 0.1) is 0 Å². The number of fused-ring (bicyclic) bond motifs is 12. The van der Waals surface area contributed by atoms with Gasteiger partial charge in [-0.3, -0.25) is 0 Å². The Bertz CT molecular complexity index is 3480. The predicted octanol–water partition coefficient (Wildman–Crippen LogP) is 15.5. The number of hydrogen-bond donors (Lipinski definition) is 0. The first-order valence-electron chi connectivity index (χ1n) is 19.0. The summed E-state index contributed by atoms with van der Waals surface area (Å²) in [5, 5.41) is 17.1. The minimum absolute atomic E-state index is 0.928. The van der Waals surface area contributed by atoms with Gasteiger partial charge >= 0.3 is 0 Å². The second kappa shape index (κ2) is 11.6. The van der Waals surface area contributed by atoms with Crippen LogP contribution in [0.5, 0.6) is 0 Å². The molecule has 0 aliphatic carbocycles. The Morgan fingerprint density at radius 2 is 0.745 bits per heavy atom. The lowest BCUT2D eigenvalue weighted by Crippen LogP contribution is -1.90. The second-order valence-corrected chi connectivity index (χ2v) is 14.8. The van der Waals surface area contributed by atoms with Crippen molar-refractivity contribution in [3.8, 4) is 33.4 Å². The molecule has 0 N–H and O–H groups in total. The Kier molecular flexibility index (Phi) is 6.40. The van der Waals surface area contributed by atoms with Gasteiger partial charge in [-0.15, -0.1) is 0 Å². The first-order valence-corrected chi connectivity index (χ1v) is 19.0. The molecule has 0 unspecified atom stereocenters. The van der Waals surface area contributed by atoms with Crippen LogP contribution in [0, 0.1) is 0 Å². The summed E-state index contributed by atoms with van der Waals surface area (Å²) in [5.74, 6) is 0. The highest BCUT2D eigenvalue weighted by Crippen LogP contribution is 2.45. The quantitative estimate of drug-likeness (QED) is 0.132. The molecule has 0 bridgehead atoms. The molecule has 0 aliphatic heterocycles. The molecule has 55 heavy (non-hydrogen) atoms. The van der Waals surface area contributed by atoms with Gasteiger partial charge in [0, 0.05) is 16.2 Å². The number of hydrogen-bond acceptors (Lipinski definition) is 1. The van der Waals surface area contributed by atoms with Gasteiger partial charge in [-0.2, -0.15) is 0 Å². The highest BCUT2D eigenvalue weighted by molar-refractivity contribution is 6.31. The fraction of sp³-hybridized carbons (Fsp3) is 0. The maximum atomic E-state index is 6.72. The zero-order chi connectivity index (χ0) is 36.0. The van der Waals surface area contributed by atoms with Gasteiger partial charge in [0.25, 0.3) is 0 Å². The first-order chi connectivity index (χ1) is 27.3. The van der Waals surface area contributed by atoms with E-state index in [-0.39, 0.29) is 0 Å². The average Bonchev–Trinajstić information content (AvgIpc) is 3.63. The van der Waals surface area contributed by atoms with Crippen LogP contribution in [0.4, 0.5) is 0 Å². The van der Waals surface area contributed by atoms with Crippen LogP contribution >= 0.6 is 0 Å². The van der Waals surface area contributed by atoms with Gasteiger partial charge in [-0.1, -0.05) is 158 Å². The molecule has 11 aromatic carbocycles. The lowest BCUT2D eigenvalue weighted by Gasteiger charge is -2.18. The summed E-state index contributed by atoms with van der Waals surface area (Å²) in [6.07, 6.45) is 0. The molecule has 0 spiro atoms. The Morgan fingerprint density at radius 1 is 0.255 bits per heavy atom. The largest absolute Gasteiger partial charge is 0.455 e. The molecule has 0 saturated heterocycles. The SMILES string of the molecule is c1ccc(-c2c3ccccc3c(-c3ccc4cc(-c5ccc6c(c5)c5ccccc5c5c7cc8ccccc8cc7oc65)ccc4c3)c3ccccc23)cc1. The molecule has 0 radical (unpaired) electrons. The third-order valence-electron chi connectivity index (χ3n) is 11.8. The Morgan fingerprint density at radius 3 is 1.44 bits per heavy atom. The third-order valence-corrected chi connectivity index (χ3v) is 11.8. The van der Waals surface area contributed by atoms with Crippen LogP contribution in [-0.2, 0) is 0 Å². The average molecular weight is 697 g/mol. The van der Waals surface area contributed by atoms with E-state index in [0.717, 1.165) is 21.9 Å². The van der Waals surface area contributed by atoms with E-state index in [1.54, 1.807) is 0 Å². The van der Waals surface area contributed by atoms with E-state index in [0.29, 0.717) is 0 Å². The van der Waals surface area contributed by atoms with Crippen LogP contribution in [0.3, 0.4) is 0 Å². The first kappa shape index (κ1) is 30.3. The Labute approximate surface area is 317 Å². The van der Waals surface area contributed by atoms with Crippen LogP contribution in [0.25, 0.3) is 120 Å². The van der Waals surface area contributed by atoms with Crippen molar-refractivity contribution in [3.05, 3.63) is 194 Å². The van der Waals surface area contributed by atoms with Gasteiger partial charge in [-0.05, 0) is 129 Å². The molecule has 0 aliphatic rings. The van der Waals surface area contributed by atoms with Gasteiger partial charge < -0.3 is 4.42 Å². The topological polar surface area (TPSA) is 13.1 Å². The van der Waals surface area contributed by atoms with Crippen LogP contribution in [0.15, 0.2) is 199 Å². The normalized spacial score (nSPS) is 12.0. The predicted molar refractivity (Wildman–Crippen MR) is 235 cm³/mol. The van der Waals surface area contributed by atoms with Crippen LogP contribution in [0.2, 0.25) is 0 Å². The summed E-state index contributed by atoms with van der Waals surface area (Å²) in [6.45, 7) is 0. The van der Waals surface area contributed by atoms with Crippen LogP contribution < -0.4 is 0 Å². The second-order valence-electron chi connectivity index (χ2n) is 14.8. The summed E-state index contributed by atoms with van der Waals surface area (Å²) in [4.78, 5) is 0. The Balaban J connectivity index is 1.01. The fourth-order valence-corrected chi connectivity index (χ4v) is 9.26. The zero-order valence-corrected chi connectivity index (χ0v) is 29.9. The third kappa shape index (κ3) is 4.54. The van der Waals surface area contributed by atoms with Crippen molar-refractivity contribution < 1.29 is 4.42 Å². The highest BCUT2D eigenvalue weighted by atomic mass is 16.3. The van der Waals surface area contributed by atoms with Gasteiger partial charge in [0.1, 0.15) is 11.2 Å². The molecule has 0 fully saturated rings. The molecule has 254 valence electrons. The molecule has 1 aromatic heterocycles. The molecular weight excluding hydrogens is 665 g/mol. The van der Waals surface area contributed by atoms with Gasteiger partial charge in [0.2, 0.25) is 0 Å². The van der Waals surface area contributed by atoms with Crippen molar-refractivity contribution in [1.29, 1.82) is 0 Å². The van der Waals surface area contributed by atoms with Crippen LogP contribution in [0.1, 0.15) is 0 Å². The molecule has 1 nitrogen and oxygen atoms in total. The van der Waals surface area contributed by atoms with E-state index in [4.69, 9.17) is 4.42 Å².